The summed E-state index contributed by atoms with van der Waals surface area (Å²) in [7, 11) is 1.74. The van der Waals surface area contributed by atoms with Crippen molar-refractivity contribution in [1.82, 2.24) is 26.2 Å². The number of nitrogens with zero attached hydrogens (tertiary/aromatic N) is 1. The van der Waals surface area contributed by atoms with Crippen molar-refractivity contribution in [2.45, 2.75) is 56.0 Å². The zero-order valence-electron chi connectivity index (χ0n) is 28.5. The molecule has 3 aliphatic heterocycles. The van der Waals surface area contributed by atoms with Gasteiger partial charge < -0.3 is 30.9 Å². The van der Waals surface area contributed by atoms with E-state index in [2.05, 4.69) is 21.3 Å². The number of carbonyl (C=O) groups is 4. The van der Waals surface area contributed by atoms with Crippen LogP contribution in [0.15, 0.2) is 121 Å². The predicted octanol–water partition coefficient (Wildman–Crippen LogP) is 3.94. The molecule has 3 aliphatic rings. The standard InChI is InChI=1S/C41H43N5O5/c1-42-34(27-30-14-7-3-8-15-30)41(50)46-25-11-18-35(46)39(48)45-36-37(31-16-9-4-10-17-31)51-32-21-19-28(20-22-32)23-24-43-38(47)33(44-40(36)49)26-29-12-5-2-6-13-29/h2-10,12-17,19-24,33-37,42H,11,18,25-27H2,1H3,(H,43,47)(H,44,49)(H,45,48). The van der Waals surface area contributed by atoms with Crippen LogP contribution in [0.2, 0.25) is 0 Å². The molecule has 10 nitrogen and oxygen atoms in total. The molecule has 0 radical (unpaired) electrons. The highest BCUT2D eigenvalue weighted by Gasteiger charge is 2.41. The van der Waals surface area contributed by atoms with Gasteiger partial charge in [-0.25, -0.2) is 0 Å². The van der Waals surface area contributed by atoms with Crippen molar-refractivity contribution >= 4 is 29.7 Å². The second kappa shape index (κ2) is 16.8. The average molecular weight is 686 g/mol. The van der Waals surface area contributed by atoms with Gasteiger partial charge in [0, 0.05) is 19.2 Å². The highest BCUT2D eigenvalue weighted by molar-refractivity contribution is 5.96. The first kappa shape index (κ1) is 35.1. The number of likely N-dealkylation sites (N-methyl/N-ethyl adjacent to an activating group) is 1. The molecule has 1 saturated heterocycles. The molecule has 5 atom stereocenters. The van der Waals surface area contributed by atoms with E-state index in [0.717, 1.165) is 16.7 Å². The molecule has 0 aliphatic carbocycles. The van der Waals surface area contributed by atoms with Crippen molar-refractivity contribution in [2.24, 2.45) is 0 Å². The van der Waals surface area contributed by atoms with Crippen LogP contribution in [-0.2, 0) is 32.0 Å². The van der Waals surface area contributed by atoms with Crippen LogP contribution in [0.3, 0.4) is 0 Å². The van der Waals surface area contributed by atoms with E-state index >= 15 is 0 Å². The molecule has 0 spiro atoms. The first-order valence-electron chi connectivity index (χ1n) is 17.3. The van der Waals surface area contributed by atoms with E-state index in [1.807, 2.05) is 103 Å². The van der Waals surface area contributed by atoms with E-state index in [-0.39, 0.29) is 12.3 Å². The lowest BCUT2D eigenvalue weighted by Gasteiger charge is -2.33. The lowest BCUT2D eigenvalue weighted by Crippen LogP contribution is -2.59. The minimum Gasteiger partial charge on any atom is -0.483 e. The van der Waals surface area contributed by atoms with Crippen molar-refractivity contribution in [3.63, 3.8) is 0 Å². The maximum Gasteiger partial charge on any atom is 0.247 e. The van der Waals surface area contributed by atoms with Crippen LogP contribution < -0.4 is 26.0 Å². The minimum absolute atomic E-state index is 0.182. The summed E-state index contributed by atoms with van der Waals surface area (Å²) in [6, 6.07) is 32.0. The van der Waals surface area contributed by atoms with Crippen LogP contribution in [-0.4, -0.2) is 66.3 Å². The zero-order valence-corrected chi connectivity index (χ0v) is 28.5. The third-order valence-electron chi connectivity index (χ3n) is 9.34. The van der Waals surface area contributed by atoms with Gasteiger partial charge in [0.15, 0.2) is 6.10 Å². The van der Waals surface area contributed by atoms with Gasteiger partial charge in [0.1, 0.15) is 23.9 Å². The summed E-state index contributed by atoms with van der Waals surface area (Å²) < 4.78 is 6.53. The molecule has 4 aromatic rings. The largest absolute Gasteiger partial charge is 0.483 e. The first-order chi connectivity index (χ1) is 24.9. The van der Waals surface area contributed by atoms with Crippen LogP contribution in [0, 0.1) is 0 Å². The number of hydrogen-bond acceptors (Lipinski definition) is 6. The number of amides is 4. The fourth-order valence-electron chi connectivity index (χ4n) is 6.61. The molecule has 0 aromatic heterocycles. The number of benzene rings is 4. The van der Waals surface area contributed by atoms with Gasteiger partial charge in [0.2, 0.25) is 23.6 Å². The molecular formula is C41H43N5O5. The summed E-state index contributed by atoms with van der Waals surface area (Å²) in [4.78, 5) is 57.9. The van der Waals surface area contributed by atoms with Crippen molar-refractivity contribution < 1.29 is 23.9 Å². The van der Waals surface area contributed by atoms with Crippen molar-refractivity contribution in [3.05, 3.63) is 144 Å². The van der Waals surface area contributed by atoms with Gasteiger partial charge in [-0.1, -0.05) is 103 Å². The average Bonchev–Trinajstić information content (AvgIpc) is 3.66. The molecule has 262 valence electrons. The maximum absolute atomic E-state index is 14.5. The second-order valence-electron chi connectivity index (χ2n) is 12.8. The van der Waals surface area contributed by atoms with E-state index in [0.29, 0.717) is 37.1 Å². The van der Waals surface area contributed by atoms with Crippen LogP contribution in [0.5, 0.6) is 5.75 Å². The lowest BCUT2D eigenvalue weighted by molar-refractivity contribution is -0.141. The summed E-state index contributed by atoms with van der Waals surface area (Å²) in [5.41, 5.74) is 3.34. The van der Waals surface area contributed by atoms with Gasteiger partial charge in [0.25, 0.3) is 0 Å². The second-order valence-corrected chi connectivity index (χ2v) is 12.8. The lowest BCUT2D eigenvalue weighted by atomic mass is 9.98. The maximum atomic E-state index is 14.5. The molecule has 7 rings (SSSR count). The predicted molar refractivity (Wildman–Crippen MR) is 195 cm³/mol. The third-order valence-corrected chi connectivity index (χ3v) is 9.34. The van der Waals surface area contributed by atoms with E-state index in [1.54, 1.807) is 36.4 Å². The van der Waals surface area contributed by atoms with Crippen LogP contribution in [0.1, 0.15) is 41.2 Å². The molecule has 1 fully saturated rings. The number of hydrogen-bond donors (Lipinski definition) is 4. The summed E-state index contributed by atoms with van der Waals surface area (Å²) in [5, 5.41) is 11.8. The molecule has 4 aromatic carbocycles. The smallest absolute Gasteiger partial charge is 0.247 e. The number of rotatable bonds is 9. The molecule has 51 heavy (non-hydrogen) atoms. The molecular weight excluding hydrogens is 642 g/mol. The summed E-state index contributed by atoms with van der Waals surface area (Å²) >= 11 is 0. The molecule has 2 bridgehead atoms. The van der Waals surface area contributed by atoms with E-state index in [1.165, 1.54) is 0 Å². The van der Waals surface area contributed by atoms with Gasteiger partial charge in [-0.3, -0.25) is 19.2 Å². The van der Waals surface area contributed by atoms with Crippen molar-refractivity contribution in [2.75, 3.05) is 13.6 Å². The van der Waals surface area contributed by atoms with Gasteiger partial charge in [-0.05, 0) is 66.8 Å². The Kier molecular flexibility index (Phi) is 11.5. The third kappa shape index (κ3) is 8.90. The Morgan fingerprint density at radius 2 is 1.49 bits per heavy atom. The van der Waals surface area contributed by atoms with Crippen LogP contribution in [0.4, 0.5) is 0 Å². The van der Waals surface area contributed by atoms with Gasteiger partial charge in [0.05, 0.1) is 6.04 Å². The fraction of sp³-hybridized carbons (Fsp3) is 0.268. The van der Waals surface area contributed by atoms with Gasteiger partial charge in [-0.2, -0.15) is 0 Å². The Hall–Kier alpha value is -5.74. The van der Waals surface area contributed by atoms with Crippen LogP contribution >= 0.6 is 0 Å². The monoisotopic (exact) mass is 685 g/mol. The molecule has 10 heteroatoms. The number of likely N-dealkylation sites (tertiary alicyclic amines) is 1. The molecule has 5 unspecified atom stereocenters. The van der Waals surface area contributed by atoms with Gasteiger partial charge in [-0.15, -0.1) is 0 Å². The summed E-state index contributed by atoms with van der Waals surface area (Å²) in [6.45, 7) is 0.415. The van der Waals surface area contributed by atoms with Gasteiger partial charge >= 0.3 is 0 Å². The molecule has 3 heterocycles. The first-order valence-corrected chi connectivity index (χ1v) is 17.3. The number of carbonyl (C=O) groups excluding carboxylic acids is 4. The zero-order chi connectivity index (χ0) is 35.6. The Bertz CT molecular complexity index is 1820. The van der Waals surface area contributed by atoms with Crippen molar-refractivity contribution in [3.8, 4) is 5.75 Å². The number of ether oxygens (including phenoxy) is 1. The fourth-order valence-corrected chi connectivity index (χ4v) is 6.61. The molecule has 4 amide bonds. The highest BCUT2D eigenvalue weighted by Crippen LogP contribution is 2.28. The number of fused-ring (bicyclic) bond motifs is 10. The quantitative estimate of drug-likeness (QED) is 0.211. The normalized spacial score (nSPS) is 21.2. The molecule has 0 saturated carbocycles. The summed E-state index contributed by atoms with van der Waals surface area (Å²) in [5.74, 6) is -1.17. The number of nitrogens with one attached hydrogen (secondary N) is 4. The van der Waals surface area contributed by atoms with E-state index < -0.39 is 48.0 Å². The SMILES string of the molecule is CNC(Cc1ccccc1)C(=O)N1CCCC1C(=O)NC1C(=O)NC(Cc2ccccc2)C(=O)NC=Cc2ccc(cc2)OC1c1ccccc1. The Labute approximate surface area is 298 Å². The van der Waals surface area contributed by atoms with Crippen molar-refractivity contribution in [1.29, 1.82) is 0 Å². The topological polar surface area (TPSA) is 129 Å². The Morgan fingerprint density at radius 3 is 2.16 bits per heavy atom. The Balaban J connectivity index is 1.32. The summed E-state index contributed by atoms with van der Waals surface area (Å²) in [6.07, 6.45) is 4.09. The molecule has 4 N–H and O–H groups in total. The minimum atomic E-state index is -1.27. The van der Waals surface area contributed by atoms with E-state index in [4.69, 9.17) is 4.74 Å². The van der Waals surface area contributed by atoms with Crippen LogP contribution in [0.25, 0.3) is 6.08 Å². The Morgan fingerprint density at radius 1 is 0.843 bits per heavy atom. The highest BCUT2D eigenvalue weighted by atomic mass is 16.5. The van der Waals surface area contributed by atoms with E-state index in [9.17, 15) is 19.2 Å².